The molecule has 12 heavy (non-hydrogen) atoms. The Kier molecular flexibility index (Phi) is 2.82. The van der Waals surface area contributed by atoms with Crippen LogP contribution in [-0.4, -0.2) is 19.8 Å². The molecule has 66 valence electrons. The average Bonchev–Trinajstić information content (AvgIpc) is 2.49. The quantitative estimate of drug-likeness (QED) is 0.631. The van der Waals surface area contributed by atoms with E-state index < -0.39 is 0 Å². The van der Waals surface area contributed by atoms with Crippen LogP contribution in [0.1, 0.15) is 13.8 Å². The van der Waals surface area contributed by atoms with E-state index in [4.69, 9.17) is 0 Å². The number of rotatable bonds is 3. The zero-order valence-corrected chi connectivity index (χ0v) is 7.85. The highest BCUT2D eigenvalue weighted by Crippen LogP contribution is 2.23. The van der Waals surface area contributed by atoms with E-state index >= 15 is 0 Å². The van der Waals surface area contributed by atoms with Crippen molar-refractivity contribution in [3.8, 4) is 0 Å². The van der Waals surface area contributed by atoms with Crippen molar-refractivity contribution in [3.63, 3.8) is 0 Å². The van der Waals surface area contributed by atoms with E-state index in [1.54, 1.807) is 0 Å². The first-order valence-corrected chi connectivity index (χ1v) is 4.25. The molecule has 1 rings (SSSR count). The molecule has 0 fully saturated rings. The highest BCUT2D eigenvalue weighted by atomic mass is 14.9. The molecule has 0 amide bonds. The summed E-state index contributed by atoms with van der Waals surface area (Å²) < 4.78 is 0. The first-order chi connectivity index (χ1) is 5.66. The Balaban J connectivity index is 2.85. The highest BCUT2D eigenvalue weighted by Gasteiger charge is 2.16. The van der Waals surface area contributed by atoms with Gasteiger partial charge in [-0.15, -0.1) is 0 Å². The summed E-state index contributed by atoms with van der Waals surface area (Å²) in [6, 6.07) is 0. The molecule has 0 aromatic rings. The molecule has 0 saturated heterocycles. The van der Waals surface area contributed by atoms with E-state index in [1.807, 2.05) is 0 Å². The van der Waals surface area contributed by atoms with Gasteiger partial charge in [0.15, 0.2) is 0 Å². The summed E-state index contributed by atoms with van der Waals surface area (Å²) in [5, 5.41) is 3.24. The third-order valence-electron chi connectivity index (χ3n) is 2.22. The predicted octanol–water partition coefficient (Wildman–Crippen LogP) is 1.76. The lowest BCUT2D eigenvalue weighted by atomic mass is 9.97. The molecule has 2 heteroatoms. The molecule has 0 radical (unpaired) electrons. The van der Waals surface area contributed by atoms with Crippen LogP contribution >= 0.6 is 0 Å². The third kappa shape index (κ3) is 1.64. The Morgan fingerprint density at radius 2 is 2.17 bits per heavy atom. The molecule has 2 nitrogen and oxygen atoms in total. The smallest absolute Gasteiger partial charge is 0.0582 e. The summed E-state index contributed by atoms with van der Waals surface area (Å²) in [4.78, 5) is 3.98. The van der Waals surface area contributed by atoms with Crippen molar-refractivity contribution in [1.82, 2.24) is 5.32 Å². The zero-order chi connectivity index (χ0) is 9.14. The van der Waals surface area contributed by atoms with Gasteiger partial charge in [0.25, 0.3) is 0 Å². The second-order valence-electron chi connectivity index (χ2n) is 3.37. The fourth-order valence-electron chi connectivity index (χ4n) is 1.31. The van der Waals surface area contributed by atoms with Gasteiger partial charge in [-0.1, -0.05) is 20.4 Å². The Labute approximate surface area is 74.1 Å². The van der Waals surface area contributed by atoms with Crippen LogP contribution in [0.25, 0.3) is 0 Å². The molecule has 0 aromatic heterocycles. The number of aliphatic imine (C=N–C) groups is 1. The van der Waals surface area contributed by atoms with Crippen molar-refractivity contribution in [2.24, 2.45) is 10.9 Å². The van der Waals surface area contributed by atoms with Crippen molar-refractivity contribution in [2.45, 2.75) is 13.8 Å². The normalized spacial score (nSPS) is 17.2. The topological polar surface area (TPSA) is 24.4 Å². The summed E-state index contributed by atoms with van der Waals surface area (Å²) in [7, 11) is 0. The van der Waals surface area contributed by atoms with E-state index in [-0.39, 0.29) is 0 Å². The fourth-order valence-corrected chi connectivity index (χ4v) is 1.31. The van der Waals surface area contributed by atoms with Crippen LogP contribution in [0.15, 0.2) is 28.4 Å². The lowest BCUT2D eigenvalue weighted by Crippen LogP contribution is -2.10. The molecule has 0 unspecified atom stereocenters. The maximum Gasteiger partial charge on any atom is 0.0582 e. The van der Waals surface area contributed by atoms with E-state index in [0.29, 0.717) is 5.92 Å². The number of nitrogens with one attached hydrogen (secondary N) is 1. The zero-order valence-electron chi connectivity index (χ0n) is 7.85. The first-order valence-electron chi connectivity index (χ1n) is 4.25. The largest absolute Gasteiger partial charge is 0.307 e. The van der Waals surface area contributed by atoms with Crippen LogP contribution in [0, 0.1) is 5.92 Å². The maximum absolute atomic E-state index is 4.05. The van der Waals surface area contributed by atoms with Crippen LogP contribution < -0.4 is 5.32 Å². The lowest BCUT2D eigenvalue weighted by Gasteiger charge is -2.10. The van der Waals surface area contributed by atoms with Gasteiger partial charge >= 0.3 is 0 Å². The van der Waals surface area contributed by atoms with E-state index in [2.05, 4.69) is 37.5 Å². The lowest BCUT2D eigenvalue weighted by molar-refractivity contribution is 0.767. The van der Waals surface area contributed by atoms with Gasteiger partial charge in [0.2, 0.25) is 0 Å². The predicted molar refractivity (Wildman–Crippen MR) is 53.4 cm³/mol. The van der Waals surface area contributed by atoms with Crippen LogP contribution in [0.3, 0.4) is 0 Å². The summed E-state index contributed by atoms with van der Waals surface area (Å²) >= 11 is 0. The molecule has 0 saturated carbocycles. The summed E-state index contributed by atoms with van der Waals surface area (Å²) in [6.07, 6.45) is 0. The fraction of sp³-hybridized carbons (Fsp3) is 0.500. The van der Waals surface area contributed by atoms with Crippen LogP contribution in [-0.2, 0) is 0 Å². The Hall–Kier alpha value is -0.890. The summed E-state index contributed by atoms with van der Waals surface area (Å²) in [6.45, 7) is 13.6. The van der Waals surface area contributed by atoms with Crippen molar-refractivity contribution < 1.29 is 0 Å². The van der Waals surface area contributed by atoms with Crippen molar-refractivity contribution in [1.29, 1.82) is 0 Å². The number of nitrogens with zero attached hydrogens (tertiary/aromatic N) is 1. The standard InChI is InChI=1S/C10H16N2/c1-7(2)8(3)9-5-12-6-10(9)11-4/h7,12H,3-6H2,1-2H3. The van der Waals surface area contributed by atoms with Crippen molar-refractivity contribution >= 4 is 6.72 Å². The average molecular weight is 164 g/mol. The maximum atomic E-state index is 4.05. The molecular formula is C10H16N2. The molecule has 1 N–H and O–H groups in total. The van der Waals surface area contributed by atoms with Gasteiger partial charge in [-0.05, 0) is 23.8 Å². The van der Waals surface area contributed by atoms with Gasteiger partial charge in [-0.25, -0.2) is 0 Å². The molecule has 0 spiro atoms. The second kappa shape index (κ2) is 3.68. The molecule has 1 heterocycles. The van der Waals surface area contributed by atoms with E-state index in [0.717, 1.165) is 18.8 Å². The van der Waals surface area contributed by atoms with Gasteiger partial charge in [0, 0.05) is 13.1 Å². The molecule has 1 aliphatic heterocycles. The van der Waals surface area contributed by atoms with Crippen molar-refractivity contribution in [3.05, 3.63) is 23.4 Å². The molecule has 0 aliphatic carbocycles. The van der Waals surface area contributed by atoms with Crippen molar-refractivity contribution in [2.75, 3.05) is 13.1 Å². The SMILES string of the molecule is C=NC1=C(C(=C)C(C)C)CNC1. The Morgan fingerprint density at radius 1 is 1.50 bits per heavy atom. The highest BCUT2D eigenvalue weighted by molar-refractivity contribution is 5.42. The third-order valence-corrected chi connectivity index (χ3v) is 2.22. The minimum atomic E-state index is 0.497. The molecule has 1 aliphatic rings. The van der Waals surface area contributed by atoms with E-state index in [1.165, 1.54) is 11.1 Å². The molecule has 0 aromatic carbocycles. The van der Waals surface area contributed by atoms with Gasteiger partial charge in [-0.3, -0.25) is 4.99 Å². The molecule has 0 bridgehead atoms. The minimum Gasteiger partial charge on any atom is -0.307 e. The summed E-state index contributed by atoms with van der Waals surface area (Å²) in [5.74, 6) is 0.497. The van der Waals surface area contributed by atoms with Gasteiger partial charge in [0.1, 0.15) is 0 Å². The van der Waals surface area contributed by atoms with E-state index in [9.17, 15) is 0 Å². The van der Waals surface area contributed by atoms with Gasteiger partial charge in [-0.2, -0.15) is 0 Å². The number of hydrogen-bond acceptors (Lipinski definition) is 2. The Morgan fingerprint density at radius 3 is 2.67 bits per heavy atom. The number of hydrogen-bond donors (Lipinski definition) is 1. The van der Waals surface area contributed by atoms with Gasteiger partial charge < -0.3 is 5.32 Å². The molecule has 0 atom stereocenters. The van der Waals surface area contributed by atoms with Gasteiger partial charge in [0.05, 0.1) is 5.70 Å². The minimum absolute atomic E-state index is 0.497. The molecular weight excluding hydrogens is 148 g/mol. The second-order valence-corrected chi connectivity index (χ2v) is 3.37. The Bertz CT molecular complexity index is 236. The monoisotopic (exact) mass is 164 g/mol. The van der Waals surface area contributed by atoms with Crippen LogP contribution in [0.5, 0.6) is 0 Å². The summed E-state index contributed by atoms with van der Waals surface area (Å²) in [5.41, 5.74) is 3.50. The first kappa shape index (κ1) is 9.20. The van der Waals surface area contributed by atoms with Crippen LogP contribution in [0.2, 0.25) is 0 Å². The van der Waals surface area contributed by atoms with Crippen LogP contribution in [0.4, 0.5) is 0 Å².